The van der Waals surface area contributed by atoms with Crippen molar-refractivity contribution in [1.82, 2.24) is 0 Å². The molecule has 3 nitrogen and oxygen atoms in total. The fourth-order valence-electron chi connectivity index (χ4n) is 2.57. The van der Waals surface area contributed by atoms with Gasteiger partial charge in [-0.05, 0) is 35.4 Å². The Bertz CT molecular complexity index is 594. The van der Waals surface area contributed by atoms with Crippen LogP contribution in [-0.2, 0) is 17.6 Å². The van der Waals surface area contributed by atoms with Gasteiger partial charge in [0.05, 0.1) is 0 Å². The van der Waals surface area contributed by atoms with E-state index < -0.39 is 5.97 Å². The van der Waals surface area contributed by atoms with Crippen LogP contribution in [-0.4, -0.2) is 17.6 Å². The minimum absolute atomic E-state index is 0.0430. The monoisotopic (exact) mass is 227 g/mol. The van der Waals surface area contributed by atoms with E-state index in [1.54, 1.807) is 0 Å². The van der Waals surface area contributed by atoms with Crippen molar-refractivity contribution in [2.45, 2.75) is 12.8 Å². The number of rotatable bonds is 3. The SMILES string of the molecule is O=C(O)CNc1ccc2c3c(cccc13)CC2. The van der Waals surface area contributed by atoms with Crippen LogP contribution in [0.2, 0.25) is 0 Å². The minimum atomic E-state index is -0.840. The zero-order valence-electron chi connectivity index (χ0n) is 9.36. The Morgan fingerprint density at radius 1 is 1.18 bits per heavy atom. The topological polar surface area (TPSA) is 49.3 Å². The molecule has 0 aromatic heterocycles. The van der Waals surface area contributed by atoms with Gasteiger partial charge in [-0.25, -0.2) is 0 Å². The molecule has 0 bridgehead atoms. The van der Waals surface area contributed by atoms with E-state index in [9.17, 15) is 4.79 Å². The minimum Gasteiger partial charge on any atom is -0.480 e. The zero-order valence-corrected chi connectivity index (χ0v) is 9.36. The van der Waals surface area contributed by atoms with Gasteiger partial charge in [0.1, 0.15) is 6.54 Å². The van der Waals surface area contributed by atoms with Gasteiger partial charge in [-0.15, -0.1) is 0 Å². The van der Waals surface area contributed by atoms with Crippen molar-refractivity contribution in [3.63, 3.8) is 0 Å². The van der Waals surface area contributed by atoms with Gasteiger partial charge >= 0.3 is 5.97 Å². The molecule has 0 amide bonds. The predicted octanol–water partition coefficient (Wildman–Crippen LogP) is 2.43. The van der Waals surface area contributed by atoms with E-state index in [0.717, 1.165) is 23.9 Å². The standard InChI is InChI=1S/C14H13NO2/c16-13(17)8-15-12-7-6-10-5-4-9-2-1-3-11(12)14(9)10/h1-3,6-7,15H,4-5,8H2,(H,16,17). The first-order valence-corrected chi connectivity index (χ1v) is 5.75. The molecule has 0 atom stereocenters. The summed E-state index contributed by atoms with van der Waals surface area (Å²) in [6.45, 7) is -0.0430. The van der Waals surface area contributed by atoms with Crippen LogP contribution >= 0.6 is 0 Å². The van der Waals surface area contributed by atoms with Crippen LogP contribution in [0.5, 0.6) is 0 Å². The molecule has 86 valence electrons. The van der Waals surface area contributed by atoms with Crippen molar-refractivity contribution in [2.24, 2.45) is 0 Å². The molecule has 0 unspecified atom stereocenters. The average Bonchev–Trinajstić information content (AvgIpc) is 2.74. The maximum absolute atomic E-state index is 10.6. The second-order valence-electron chi connectivity index (χ2n) is 4.36. The summed E-state index contributed by atoms with van der Waals surface area (Å²) >= 11 is 0. The number of aliphatic carboxylic acids is 1. The van der Waals surface area contributed by atoms with Gasteiger partial charge in [0, 0.05) is 11.1 Å². The number of hydrogen-bond donors (Lipinski definition) is 2. The molecule has 3 rings (SSSR count). The Morgan fingerprint density at radius 3 is 2.71 bits per heavy atom. The Morgan fingerprint density at radius 2 is 1.94 bits per heavy atom. The fourth-order valence-corrected chi connectivity index (χ4v) is 2.57. The number of carboxylic acid groups (broad SMARTS) is 1. The van der Waals surface area contributed by atoms with E-state index in [4.69, 9.17) is 5.11 Å². The van der Waals surface area contributed by atoms with Crippen LogP contribution in [0.1, 0.15) is 11.1 Å². The summed E-state index contributed by atoms with van der Waals surface area (Å²) in [7, 11) is 0. The first-order chi connectivity index (χ1) is 8.25. The van der Waals surface area contributed by atoms with Crippen molar-refractivity contribution in [3.8, 4) is 0 Å². The van der Waals surface area contributed by atoms with Crippen molar-refractivity contribution >= 4 is 22.4 Å². The molecule has 17 heavy (non-hydrogen) atoms. The van der Waals surface area contributed by atoms with Gasteiger partial charge in [-0.3, -0.25) is 4.79 Å². The highest BCUT2D eigenvalue weighted by Gasteiger charge is 2.15. The quantitative estimate of drug-likeness (QED) is 0.846. The van der Waals surface area contributed by atoms with Crippen LogP contribution in [0.25, 0.3) is 10.8 Å². The van der Waals surface area contributed by atoms with Crippen LogP contribution in [0, 0.1) is 0 Å². The van der Waals surface area contributed by atoms with Crippen LogP contribution in [0.15, 0.2) is 30.3 Å². The molecule has 0 radical (unpaired) electrons. The normalized spacial score (nSPS) is 12.9. The van der Waals surface area contributed by atoms with Gasteiger partial charge < -0.3 is 10.4 Å². The molecule has 0 saturated carbocycles. The summed E-state index contributed by atoms with van der Waals surface area (Å²) in [5.41, 5.74) is 3.66. The first-order valence-electron chi connectivity index (χ1n) is 5.75. The number of carbonyl (C=O) groups is 1. The van der Waals surface area contributed by atoms with E-state index in [0.29, 0.717) is 0 Å². The molecule has 0 saturated heterocycles. The first kappa shape index (κ1) is 10.1. The van der Waals surface area contributed by atoms with E-state index in [1.165, 1.54) is 16.5 Å². The summed E-state index contributed by atoms with van der Waals surface area (Å²) in [6.07, 6.45) is 2.18. The summed E-state index contributed by atoms with van der Waals surface area (Å²) in [5.74, 6) is -0.840. The second-order valence-corrected chi connectivity index (χ2v) is 4.36. The predicted molar refractivity (Wildman–Crippen MR) is 67.5 cm³/mol. The van der Waals surface area contributed by atoms with E-state index in [-0.39, 0.29) is 6.54 Å². The molecule has 0 spiro atoms. The third-order valence-corrected chi connectivity index (χ3v) is 3.31. The van der Waals surface area contributed by atoms with Crippen LogP contribution < -0.4 is 5.32 Å². The van der Waals surface area contributed by atoms with Crippen LogP contribution in [0.4, 0.5) is 5.69 Å². The molecule has 1 aliphatic rings. The summed E-state index contributed by atoms with van der Waals surface area (Å²) in [5, 5.41) is 14.1. The fraction of sp³-hybridized carbons (Fsp3) is 0.214. The van der Waals surface area contributed by atoms with Gasteiger partial charge in [0.15, 0.2) is 0 Å². The smallest absolute Gasteiger partial charge is 0.322 e. The highest BCUT2D eigenvalue weighted by molar-refractivity contribution is 6.00. The van der Waals surface area contributed by atoms with Gasteiger partial charge in [0.2, 0.25) is 0 Å². The van der Waals surface area contributed by atoms with E-state index in [1.807, 2.05) is 12.1 Å². The third-order valence-electron chi connectivity index (χ3n) is 3.31. The molecule has 2 aromatic carbocycles. The molecule has 2 N–H and O–H groups in total. The number of anilines is 1. The van der Waals surface area contributed by atoms with Crippen molar-refractivity contribution < 1.29 is 9.90 Å². The van der Waals surface area contributed by atoms with Crippen molar-refractivity contribution in [1.29, 1.82) is 0 Å². The highest BCUT2D eigenvalue weighted by atomic mass is 16.4. The lowest BCUT2D eigenvalue weighted by atomic mass is 10.0. The summed E-state index contributed by atoms with van der Waals surface area (Å²) in [6, 6.07) is 10.3. The van der Waals surface area contributed by atoms with Crippen LogP contribution in [0.3, 0.4) is 0 Å². The third kappa shape index (κ3) is 1.64. The van der Waals surface area contributed by atoms with E-state index >= 15 is 0 Å². The molecular formula is C14H13NO2. The second kappa shape index (κ2) is 3.77. The Kier molecular flexibility index (Phi) is 2.25. The highest BCUT2D eigenvalue weighted by Crippen LogP contribution is 2.34. The molecule has 1 aliphatic carbocycles. The molecule has 3 heteroatoms. The number of nitrogens with one attached hydrogen (secondary N) is 1. The number of hydrogen-bond acceptors (Lipinski definition) is 2. The van der Waals surface area contributed by atoms with Gasteiger partial charge in [0.25, 0.3) is 0 Å². The summed E-state index contributed by atoms with van der Waals surface area (Å²) in [4.78, 5) is 10.6. The van der Waals surface area contributed by atoms with Gasteiger partial charge in [-0.1, -0.05) is 24.3 Å². The number of carboxylic acids is 1. The maximum Gasteiger partial charge on any atom is 0.322 e. The van der Waals surface area contributed by atoms with Crippen molar-refractivity contribution in [3.05, 3.63) is 41.5 Å². The summed E-state index contributed by atoms with van der Waals surface area (Å²) < 4.78 is 0. The Labute approximate surface area is 99.1 Å². The number of aryl methyl sites for hydroxylation is 2. The van der Waals surface area contributed by atoms with Crippen molar-refractivity contribution in [2.75, 3.05) is 11.9 Å². The lowest BCUT2D eigenvalue weighted by Crippen LogP contribution is -2.12. The number of benzene rings is 2. The molecular weight excluding hydrogens is 214 g/mol. The van der Waals surface area contributed by atoms with E-state index in [2.05, 4.69) is 23.5 Å². The molecule has 2 aromatic rings. The Hall–Kier alpha value is -2.03. The molecule has 0 heterocycles. The largest absolute Gasteiger partial charge is 0.480 e. The maximum atomic E-state index is 10.6. The zero-order chi connectivity index (χ0) is 11.8. The average molecular weight is 227 g/mol. The van der Waals surface area contributed by atoms with Gasteiger partial charge in [-0.2, -0.15) is 0 Å². The Balaban J connectivity index is 2.12. The molecule has 0 fully saturated rings. The lowest BCUT2D eigenvalue weighted by Gasteiger charge is -2.09. The lowest BCUT2D eigenvalue weighted by molar-refractivity contribution is -0.134. The molecule has 0 aliphatic heterocycles.